The molecule has 0 fully saturated rings. The lowest BCUT2D eigenvalue weighted by Crippen LogP contribution is -2.52. The van der Waals surface area contributed by atoms with E-state index >= 15 is 0 Å². The second-order valence-corrected chi connectivity index (χ2v) is 12.0. The number of nitro benzene ring substituents is 1. The lowest BCUT2D eigenvalue weighted by Gasteiger charge is -2.32. The van der Waals surface area contributed by atoms with Gasteiger partial charge in [-0.1, -0.05) is 59.3 Å². The highest BCUT2D eigenvalue weighted by molar-refractivity contribution is 9.10. The third-order valence-electron chi connectivity index (χ3n) is 6.37. The molecule has 2 amide bonds. The van der Waals surface area contributed by atoms with Crippen LogP contribution in [-0.4, -0.2) is 48.7 Å². The minimum absolute atomic E-state index is 0.0371. The molecule has 3 aromatic carbocycles. The number of carbonyl (C=O) groups excluding carboxylic acids is 2. The summed E-state index contributed by atoms with van der Waals surface area (Å²) in [6.45, 7) is 4.71. The number of anilines is 1. The van der Waals surface area contributed by atoms with E-state index in [0.29, 0.717) is 6.42 Å². The standard InChI is InChI=1S/C28H31BrN4O6S/c1-4-20(2)30-28(35)21(3)31(18-22-13-15-23(29)16-14-22)27(34)19-32(24-9-8-10-25(17-24)33(36)37)40(38,39)26-11-6-5-7-12-26/h5-17,20-21H,4,18-19H2,1-3H3,(H,30,35)/t20-,21+/m0/s1. The van der Waals surface area contributed by atoms with Crippen LogP contribution in [0.3, 0.4) is 0 Å². The number of sulfonamides is 1. The Balaban J connectivity index is 2.05. The van der Waals surface area contributed by atoms with E-state index in [4.69, 9.17) is 0 Å². The van der Waals surface area contributed by atoms with E-state index in [1.807, 2.05) is 13.8 Å². The fourth-order valence-electron chi connectivity index (χ4n) is 3.84. The summed E-state index contributed by atoms with van der Waals surface area (Å²) in [6.07, 6.45) is 0.689. The topological polar surface area (TPSA) is 130 Å². The molecule has 0 unspecified atom stereocenters. The molecule has 0 saturated carbocycles. The number of hydrogen-bond donors (Lipinski definition) is 1. The van der Waals surface area contributed by atoms with Crippen LogP contribution in [0.5, 0.6) is 0 Å². The van der Waals surface area contributed by atoms with Gasteiger partial charge in [-0.05, 0) is 56.2 Å². The number of amides is 2. The maximum absolute atomic E-state index is 13.9. The predicted octanol–water partition coefficient (Wildman–Crippen LogP) is 4.88. The fraction of sp³-hybridized carbons (Fsp3) is 0.286. The summed E-state index contributed by atoms with van der Waals surface area (Å²) in [6, 6.07) is 18.7. The number of rotatable bonds is 12. The summed E-state index contributed by atoms with van der Waals surface area (Å²) in [5.74, 6) is -1.03. The molecule has 0 aromatic heterocycles. The maximum atomic E-state index is 13.9. The third-order valence-corrected chi connectivity index (χ3v) is 8.69. The number of non-ortho nitro benzene ring substituents is 1. The molecule has 3 rings (SSSR count). The molecule has 0 saturated heterocycles. The van der Waals surface area contributed by atoms with Gasteiger partial charge in [-0.3, -0.25) is 24.0 Å². The van der Waals surface area contributed by atoms with E-state index in [1.54, 1.807) is 49.4 Å². The quantitative estimate of drug-likeness (QED) is 0.224. The second kappa shape index (κ2) is 13.5. The van der Waals surface area contributed by atoms with Gasteiger partial charge in [0.1, 0.15) is 12.6 Å². The van der Waals surface area contributed by atoms with Gasteiger partial charge in [-0.25, -0.2) is 8.42 Å². The Morgan fingerprint density at radius 1 is 1.00 bits per heavy atom. The van der Waals surface area contributed by atoms with E-state index in [-0.39, 0.29) is 34.8 Å². The van der Waals surface area contributed by atoms with Gasteiger partial charge in [0, 0.05) is 29.2 Å². The van der Waals surface area contributed by atoms with Gasteiger partial charge in [0.05, 0.1) is 15.5 Å². The lowest BCUT2D eigenvalue weighted by molar-refractivity contribution is -0.384. The normalized spacial score (nSPS) is 12.7. The summed E-state index contributed by atoms with van der Waals surface area (Å²) in [4.78, 5) is 39.0. The lowest BCUT2D eigenvalue weighted by atomic mass is 10.1. The van der Waals surface area contributed by atoms with E-state index in [2.05, 4.69) is 21.2 Å². The first kappa shape index (κ1) is 30.8. The van der Waals surface area contributed by atoms with Crippen molar-refractivity contribution in [1.82, 2.24) is 10.2 Å². The van der Waals surface area contributed by atoms with Crippen molar-refractivity contribution >= 4 is 49.1 Å². The fourth-order valence-corrected chi connectivity index (χ4v) is 5.54. The molecule has 212 valence electrons. The molecular formula is C28H31BrN4O6S. The Bertz CT molecular complexity index is 1450. The van der Waals surface area contributed by atoms with E-state index in [9.17, 15) is 28.1 Å². The van der Waals surface area contributed by atoms with Crippen LogP contribution in [0.25, 0.3) is 0 Å². The van der Waals surface area contributed by atoms with Crippen LogP contribution in [0.1, 0.15) is 32.8 Å². The van der Waals surface area contributed by atoms with Gasteiger partial charge in [-0.15, -0.1) is 0 Å². The van der Waals surface area contributed by atoms with Crippen LogP contribution in [0.2, 0.25) is 0 Å². The highest BCUT2D eigenvalue weighted by atomic mass is 79.9. The van der Waals surface area contributed by atoms with Crippen LogP contribution in [0, 0.1) is 10.1 Å². The van der Waals surface area contributed by atoms with Gasteiger partial charge >= 0.3 is 0 Å². The van der Waals surface area contributed by atoms with Crippen LogP contribution in [0.15, 0.2) is 88.2 Å². The summed E-state index contributed by atoms with van der Waals surface area (Å²) >= 11 is 3.38. The number of benzene rings is 3. The molecule has 10 nitrogen and oxygen atoms in total. The Morgan fingerprint density at radius 2 is 1.65 bits per heavy atom. The van der Waals surface area contributed by atoms with E-state index in [1.165, 1.54) is 35.2 Å². The number of nitro groups is 1. The average Bonchev–Trinajstić information content (AvgIpc) is 2.95. The molecule has 12 heteroatoms. The number of nitrogens with zero attached hydrogens (tertiary/aromatic N) is 3. The first-order valence-electron chi connectivity index (χ1n) is 12.6. The first-order chi connectivity index (χ1) is 18.9. The Kier molecular flexibility index (Phi) is 10.4. The van der Waals surface area contributed by atoms with Crippen LogP contribution in [-0.2, 0) is 26.2 Å². The second-order valence-electron chi connectivity index (χ2n) is 9.24. The highest BCUT2D eigenvalue weighted by Crippen LogP contribution is 2.27. The van der Waals surface area contributed by atoms with Crippen molar-refractivity contribution in [2.75, 3.05) is 10.8 Å². The zero-order valence-corrected chi connectivity index (χ0v) is 24.8. The summed E-state index contributed by atoms with van der Waals surface area (Å²) in [7, 11) is -4.32. The summed E-state index contributed by atoms with van der Waals surface area (Å²) < 4.78 is 29.2. The molecular weight excluding hydrogens is 600 g/mol. The van der Waals surface area contributed by atoms with Crippen molar-refractivity contribution in [3.63, 3.8) is 0 Å². The number of halogens is 1. The van der Waals surface area contributed by atoms with Crippen LogP contribution in [0.4, 0.5) is 11.4 Å². The van der Waals surface area contributed by atoms with E-state index < -0.39 is 33.4 Å². The van der Waals surface area contributed by atoms with Crippen molar-refractivity contribution in [2.45, 2.75) is 50.7 Å². The highest BCUT2D eigenvalue weighted by Gasteiger charge is 2.33. The smallest absolute Gasteiger partial charge is 0.271 e. The van der Waals surface area contributed by atoms with Crippen molar-refractivity contribution in [3.8, 4) is 0 Å². The molecule has 40 heavy (non-hydrogen) atoms. The molecule has 3 aromatic rings. The summed E-state index contributed by atoms with van der Waals surface area (Å²) in [5, 5.41) is 14.3. The van der Waals surface area contributed by atoms with Crippen molar-refractivity contribution in [1.29, 1.82) is 0 Å². The monoisotopic (exact) mass is 630 g/mol. The number of nitrogens with one attached hydrogen (secondary N) is 1. The Hall–Kier alpha value is -3.77. The van der Waals surface area contributed by atoms with Crippen LogP contribution < -0.4 is 9.62 Å². The largest absolute Gasteiger partial charge is 0.352 e. The molecule has 1 N–H and O–H groups in total. The van der Waals surface area contributed by atoms with Crippen LogP contribution >= 0.6 is 15.9 Å². The minimum atomic E-state index is -4.32. The van der Waals surface area contributed by atoms with Crippen molar-refractivity contribution in [2.24, 2.45) is 0 Å². The zero-order chi connectivity index (χ0) is 29.4. The van der Waals surface area contributed by atoms with Gasteiger partial charge in [-0.2, -0.15) is 0 Å². The molecule has 2 atom stereocenters. The summed E-state index contributed by atoms with van der Waals surface area (Å²) in [5.41, 5.74) is 0.352. The number of hydrogen-bond acceptors (Lipinski definition) is 6. The molecule has 0 aliphatic carbocycles. The van der Waals surface area contributed by atoms with Crippen molar-refractivity contribution in [3.05, 3.63) is 99.0 Å². The zero-order valence-electron chi connectivity index (χ0n) is 22.4. The maximum Gasteiger partial charge on any atom is 0.271 e. The predicted molar refractivity (Wildman–Crippen MR) is 156 cm³/mol. The number of carbonyl (C=O) groups is 2. The molecule has 0 aliphatic rings. The Labute approximate surface area is 242 Å². The molecule has 0 radical (unpaired) electrons. The first-order valence-corrected chi connectivity index (χ1v) is 14.8. The molecule has 0 heterocycles. The third kappa shape index (κ3) is 7.66. The molecule has 0 aliphatic heterocycles. The Morgan fingerprint density at radius 3 is 2.25 bits per heavy atom. The van der Waals surface area contributed by atoms with Gasteiger partial charge in [0.25, 0.3) is 15.7 Å². The van der Waals surface area contributed by atoms with Gasteiger partial charge in [0.15, 0.2) is 0 Å². The molecule has 0 spiro atoms. The SMILES string of the molecule is CC[C@H](C)NC(=O)[C@@H](C)N(Cc1ccc(Br)cc1)C(=O)CN(c1cccc([N+](=O)[O-])c1)S(=O)(=O)c1ccccc1. The van der Waals surface area contributed by atoms with Gasteiger partial charge in [0.2, 0.25) is 11.8 Å². The van der Waals surface area contributed by atoms with Gasteiger partial charge < -0.3 is 10.2 Å². The van der Waals surface area contributed by atoms with E-state index in [0.717, 1.165) is 20.4 Å². The van der Waals surface area contributed by atoms with Crippen molar-refractivity contribution < 1.29 is 22.9 Å². The average molecular weight is 632 g/mol. The minimum Gasteiger partial charge on any atom is -0.352 e. The molecule has 0 bridgehead atoms.